The lowest BCUT2D eigenvalue weighted by Gasteiger charge is -2.34. The highest BCUT2D eigenvalue weighted by Gasteiger charge is 2.21. The first-order valence-electron chi connectivity index (χ1n) is 9.04. The molecule has 1 N–H and O–H groups in total. The van der Waals surface area contributed by atoms with Gasteiger partial charge in [-0.3, -0.25) is 4.90 Å². The predicted octanol–water partition coefficient (Wildman–Crippen LogP) is 4.16. The first-order valence-corrected chi connectivity index (χ1v) is 9.04. The fraction of sp³-hybridized carbons (Fsp3) is 0.381. The summed E-state index contributed by atoms with van der Waals surface area (Å²) in [5.74, 6) is 0.502. The molecule has 132 valence electrons. The van der Waals surface area contributed by atoms with E-state index in [1.54, 1.807) is 0 Å². The highest BCUT2D eigenvalue weighted by Crippen LogP contribution is 2.18. The fourth-order valence-corrected chi connectivity index (χ4v) is 3.10. The molecule has 3 rings (SSSR count). The summed E-state index contributed by atoms with van der Waals surface area (Å²) in [6.07, 6.45) is 0. The lowest BCUT2D eigenvalue weighted by atomic mass is 10.0. The van der Waals surface area contributed by atoms with Crippen LogP contribution in [0.5, 0.6) is 0 Å². The molecular weight excluding hydrogens is 310 g/mol. The maximum absolute atomic E-state index is 12.4. The first-order chi connectivity index (χ1) is 12.1. The van der Waals surface area contributed by atoms with Gasteiger partial charge in [0, 0.05) is 38.4 Å². The molecule has 1 heterocycles. The van der Waals surface area contributed by atoms with E-state index in [0.29, 0.717) is 5.92 Å². The fourth-order valence-electron chi connectivity index (χ4n) is 3.10. The van der Waals surface area contributed by atoms with Gasteiger partial charge in [0.25, 0.3) is 0 Å². The molecule has 2 aromatic rings. The minimum Gasteiger partial charge on any atom is -0.322 e. The Morgan fingerprint density at radius 2 is 1.60 bits per heavy atom. The van der Waals surface area contributed by atoms with E-state index >= 15 is 0 Å². The second kappa shape index (κ2) is 8.17. The summed E-state index contributed by atoms with van der Waals surface area (Å²) in [7, 11) is 0. The van der Waals surface area contributed by atoms with Crippen LogP contribution in [0.3, 0.4) is 0 Å². The van der Waals surface area contributed by atoms with Crippen molar-refractivity contribution < 1.29 is 4.79 Å². The Morgan fingerprint density at radius 1 is 0.960 bits per heavy atom. The van der Waals surface area contributed by atoms with Crippen LogP contribution in [0.1, 0.15) is 30.9 Å². The van der Waals surface area contributed by atoms with Crippen LogP contribution >= 0.6 is 0 Å². The molecule has 0 aromatic heterocycles. The minimum absolute atomic E-state index is 0.00309. The molecule has 4 heteroatoms. The molecule has 1 fully saturated rings. The van der Waals surface area contributed by atoms with E-state index in [-0.39, 0.29) is 6.03 Å². The highest BCUT2D eigenvalue weighted by atomic mass is 16.2. The summed E-state index contributed by atoms with van der Waals surface area (Å²) >= 11 is 0. The number of hydrogen-bond donors (Lipinski definition) is 1. The predicted molar refractivity (Wildman–Crippen MR) is 103 cm³/mol. The third-order valence-electron chi connectivity index (χ3n) is 4.74. The van der Waals surface area contributed by atoms with Gasteiger partial charge in [-0.1, -0.05) is 56.3 Å². The average Bonchev–Trinajstić information content (AvgIpc) is 2.63. The van der Waals surface area contributed by atoms with Gasteiger partial charge in [0.1, 0.15) is 0 Å². The van der Waals surface area contributed by atoms with E-state index < -0.39 is 0 Å². The van der Waals surface area contributed by atoms with Crippen molar-refractivity contribution in [1.29, 1.82) is 0 Å². The Bertz CT molecular complexity index is 674. The maximum Gasteiger partial charge on any atom is 0.321 e. The Hall–Kier alpha value is -2.33. The molecule has 0 aliphatic carbocycles. The quantitative estimate of drug-likeness (QED) is 0.909. The highest BCUT2D eigenvalue weighted by molar-refractivity contribution is 5.89. The molecule has 0 atom stereocenters. The maximum atomic E-state index is 12.4. The van der Waals surface area contributed by atoms with Gasteiger partial charge in [-0.15, -0.1) is 0 Å². The van der Waals surface area contributed by atoms with Crippen LogP contribution in [0.2, 0.25) is 0 Å². The van der Waals surface area contributed by atoms with Gasteiger partial charge in [0.15, 0.2) is 0 Å². The number of amides is 2. The van der Waals surface area contributed by atoms with Gasteiger partial charge in [-0.05, 0) is 29.2 Å². The summed E-state index contributed by atoms with van der Waals surface area (Å²) < 4.78 is 0. The van der Waals surface area contributed by atoms with E-state index in [9.17, 15) is 4.79 Å². The summed E-state index contributed by atoms with van der Waals surface area (Å²) in [4.78, 5) is 16.7. The van der Waals surface area contributed by atoms with Gasteiger partial charge >= 0.3 is 6.03 Å². The van der Waals surface area contributed by atoms with Gasteiger partial charge in [0.2, 0.25) is 0 Å². The van der Waals surface area contributed by atoms with Crippen LogP contribution in [-0.4, -0.2) is 42.0 Å². The van der Waals surface area contributed by atoms with E-state index in [1.165, 1.54) is 11.1 Å². The van der Waals surface area contributed by atoms with Crippen LogP contribution in [0.25, 0.3) is 0 Å². The number of rotatable bonds is 4. The number of hydrogen-bond acceptors (Lipinski definition) is 2. The van der Waals surface area contributed by atoms with Crippen LogP contribution in [0, 0.1) is 0 Å². The Balaban J connectivity index is 1.48. The Kier molecular flexibility index (Phi) is 5.71. The molecular formula is C21H27N3O. The molecule has 0 bridgehead atoms. The Labute approximate surface area is 150 Å². The molecule has 1 saturated heterocycles. The molecule has 0 unspecified atom stereocenters. The summed E-state index contributed by atoms with van der Waals surface area (Å²) in [6.45, 7) is 8.65. The molecule has 1 aliphatic heterocycles. The third kappa shape index (κ3) is 4.83. The topological polar surface area (TPSA) is 35.6 Å². The van der Waals surface area contributed by atoms with E-state index in [1.807, 2.05) is 23.1 Å². The molecule has 2 aromatic carbocycles. The molecule has 25 heavy (non-hydrogen) atoms. The zero-order valence-electron chi connectivity index (χ0n) is 15.1. The van der Waals surface area contributed by atoms with Gasteiger partial charge in [-0.2, -0.15) is 0 Å². The molecule has 2 amide bonds. The van der Waals surface area contributed by atoms with Crippen molar-refractivity contribution in [3.8, 4) is 0 Å². The molecule has 1 aliphatic rings. The van der Waals surface area contributed by atoms with Crippen molar-refractivity contribution >= 4 is 11.7 Å². The third-order valence-corrected chi connectivity index (χ3v) is 4.74. The van der Waals surface area contributed by atoms with E-state index in [0.717, 1.165) is 38.4 Å². The van der Waals surface area contributed by atoms with Crippen molar-refractivity contribution in [2.45, 2.75) is 26.3 Å². The second-order valence-corrected chi connectivity index (χ2v) is 6.96. The van der Waals surface area contributed by atoms with E-state index in [4.69, 9.17) is 0 Å². The average molecular weight is 337 g/mol. The van der Waals surface area contributed by atoms with Gasteiger partial charge in [0.05, 0.1) is 0 Å². The van der Waals surface area contributed by atoms with Gasteiger partial charge in [-0.25, -0.2) is 4.79 Å². The smallest absolute Gasteiger partial charge is 0.321 e. The zero-order valence-corrected chi connectivity index (χ0v) is 15.1. The van der Waals surface area contributed by atoms with E-state index in [2.05, 4.69) is 60.5 Å². The number of piperazine rings is 1. The second-order valence-electron chi connectivity index (χ2n) is 6.96. The van der Waals surface area contributed by atoms with Crippen molar-refractivity contribution in [3.05, 3.63) is 65.7 Å². The SMILES string of the molecule is CC(C)c1ccc(NC(=O)N2CCN(Cc3ccccc3)CC2)cc1. The molecule has 0 radical (unpaired) electrons. The summed E-state index contributed by atoms with van der Waals surface area (Å²) in [6, 6.07) is 18.6. The number of anilines is 1. The van der Waals surface area contributed by atoms with Crippen LogP contribution in [-0.2, 0) is 6.54 Å². The monoisotopic (exact) mass is 337 g/mol. The molecule has 0 saturated carbocycles. The summed E-state index contributed by atoms with van der Waals surface area (Å²) in [5.41, 5.74) is 3.47. The normalized spacial score (nSPS) is 15.4. The minimum atomic E-state index is -0.00309. The number of urea groups is 1. The number of carbonyl (C=O) groups is 1. The van der Waals surface area contributed by atoms with Gasteiger partial charge < -0.3 is 10.2 Å². The van der Waals surface area contributed by atoms with Crippen LogP contribution in [0.15, 0.2) is 54.6 Å². The Morgan fingerprint density at radius 3 is 2.20 bits per heavy atom. The van der Waals surface area contributed by atoms with Crippen molar-refractivity contribution in [3.63, 3.8) is 0 Å². The van der Waals surface area contributed by atoms with Crippen LogP contribution < -0.4 is 5.32 Å². The van der Waals surface area contributed by atoms with Crippen LogP contribution in [0.4, 0.5) is 10.5 Å². The summed E-state index contributed by atoms with van der Waals surface area (Å²) in [5, 5.41) is 3.01. The number of nitrogens with zero attached hydrogens (tertiary/aromatic N) is 2. The number of benzene rings is 2. The standard InChI is InChI=1S/C21H27N3O/c1-17(2)19-8-10-20(11-9-19)22-21(25)24-14-12-23(13-15-24)16-18-6-4-3-5-7-18/h3-11,17H,12-16H2,1-2H3,(H,22,25). The zero-order chi connectivity index (χ0) is 17.6. The lowest BCUT2D eigenvalue weighted by Crippen LogP contribution is -2.49. The lowest BCUT2D eigenvalue weighted by molar-refractivity contribution is 0.143. The number of carbonyl (C=O) groups excluding carboxylic acids is 1. The first kappa shape index (κ1) is 17.5. The van der Waals surface area contributed by atoms with Crippen molar-refractivity contribution in [2.75, 3.05) is 31.5 Å². The molecule has 4 nitrogen and oxygen atoms in total. The molecule has 0 spiro atoms. The number of nitrogens with one attached hydrogen (secondary N) is 1. The van der Waals surface area contributed by atoms with Crippen molar-refractivity contribution in [1.82, 2.24) is 9.80 Å². The van der Waals surface area contributed by atoms with Crippen molar-refractivity contribution in [2.24, 2.45) is 0 Å². The largest absolute Gasteiger partial charge is 0.322 e.